The number of nitrogens with zero attached hydrogens (tertiary/aromatic N) is 1. The zero-order valence-electron chi connectivity index (χ0n) is 9.91. The molecule has 18 heavy (non-hydrogen) atoms. The molecule has 0 bridgehead atoms. The van der Waals surface area contributed by atoms with Crippen LogP contribution in [0, 0.1) is 0 Å². The number of thiazole rings is 1. The second kappa shape index (κ2) is 6.02. The Labute approximate surface area is 120 Å². The molecular formula is C13H13Cl2NOS. The van der Waals surface area contributed by atoms with Gasteiger partial charge in [-0.05, 0) is 18.6 Å². The summed E-state index contributed by atoms with van der Waals surface area (Å²) in [4.78, 5) is 5.44. The van der Waals surface area contributed by atoms with Crippen LogP contribution in [-0.4, -0.2) is 10.1 Å². The lowest BCUT2D eigenvalue weighted by atomic mass is 10.2. The second-order valence-electron chi connectivity index (χ2n) is 3.89. The van der Waals surface area contributed by atoms with Crippen LogP contribution in [0.15, 0.2) is 18.2 Å². The average Bonchev–Trinajstić information content (AvgIpc) is 2.72. The van der Waals surface area contributed by atoms with Crippen LogP contribution in [0.3, 0.4) is 0 Å². The quantitative estimate of drug-likeness (QED) is 0.898. The minimum atomic E-state index is 0.00900. The number of aromatic nitrogens is 1. The fourth-order valence-corrected chi connectivity index (χ4v) is 3.48. The Morgan fingerprint density at radius 2 is 1.94 bits per heavy atom. The molecule has 1 N–H and O–H groups in total. The highest BCUT2D eigenvalue weighted by atomic mass is 35.5. The Hall–Kier alpha value is -0.610. The van der Waals surface area contributed by atoms with Crippen LogP contribution in [-0.2, 0) is 13.0 Å². The average molecular weight is 302 g/mol. The number of benzene rings is 1. The van der Waals surface area contributed by atoms with Gasteiger partial charge >= 0.3 is 0 Å². The molecule has 2 rings (SSSR count). The monoisotopic (exact) mass is 301 g/mol. The van der Waals surface area contributed by atoms with Crippen LogP contribution in [0.5, 0.6) is 0 Å². The van der Waals surface area contributed by atoms with Crippen molar-refractivity contribution in [3.8, 4) is 10.6 Å². The van der Waals surface area contributed by atoms with Crippen molar-refractivity contribution >= 4 is 34.5 Å². The molecular weight excluding hydrogens is 289 g/mol. The Morgan fingerprint density at radius 1 is 1.28 bits per heavy atom. The summed E-state index contributed by atoms with van der Waals surface area (Å²) in [5, 5.41) is 11.3. The van der Waals surface area contributed by atoms with Gasteiger partial charge in [0.2, 0.25) is 0 Å². The molecule has 1 heterocycles. The van der Waals surface area contributed by atoms with Crippen LogP contribution in [0.2, 0.25) is 10.0 Å². The number of aliphatic hydroxyl groups excluding tert-OH is 1. The number of halogens is 2. The standard InChI is InChI=1S/C13H13Cl2NOS/c1-2-4-10-11(7-17)18-13(16-10)12-8(14)5-3-6-9(12)15/h3,5-6,17H,2,4,7H2,1H3. The van der Waals surface area contributed by atoms with Gasteiger partial charge in [-0.25, -0.2) is 4.98 Å². The van der Waals surface area contributed by atoms with E-state index in [0.29, 0.717) is 10.0 Å². The molecule has 5 heteroatoms. The van der Waals surface area contributed by atoms with Gasteiger partial charge in [0.15, 0.2) is 0 Å². The van der Waals surface area contributed by atoms with Crippen LogP contribution in [0.1, 0.15) is 23.9 Å². The van der Waals surface area contributed by atoms with E-state index in [1.165, 1.54) is 11.3 Å². The molecule has 2 nitrogen and oxygen atoms in total. The maximum Gasteiger partial charge on any atom is 0.126 e. The first-order chi connectivity index (χ1) is 8.67. The molecule has 0 aliphatic carbocycles. The highest BCUT2D eigenvalue weighted by molar-refractivity contribution is 7.15. The van der Waals surface area contributed by atoms with E-state index >= 15 is 0 Å². The lowest BCUT2D eigenvalue weighted by Crippen LogP contribution is -1.90. The van der Waals surface area contributed by atoms with Gasteiger partial charge in [-0.1, -0.05) is 42.6 Å². The molecule has 1 aromatic heterocycles. The van der Waals surface area contributed by atoms with Crippen molar-refractivity contribution in [2.24, 2.45) is 0 Å². The summed E-state index contributed by atoms with van der Waals surface area (Å²) in [5.74, 6) is 0. The van der Waals surface area contributed by atoms with Crippen molar-refractivity contribution in [3.63, 3.8) is 0 Å². The molecule has 0 amide bonds. The van der Waals surface area contributed by atoms with Gasteiger partial charge in [0.05, 0.1) is 27.2 Å². The summed E-state index contributed by atoms with van der Waals surface area (Å²) < 4.78 is 0. The molecule has 0 spiro atoms. The first-order valence-electron chi connectivity index (χ1n) is 5.71. The van der Waals surface area contributed by atoms with Gasteiger partial charge in [-0.3, -0.25) is 0 Å². The van der Waals surface area contributed by atoms with Gasteiger partial charge in [-0.15, -0.1) is 11.3 Å². The van der Waals surface area contributed by atoms with Gasteiger partial charge in [-0.2, -0.15) is 0 Å². The molecule has 0 atom stereocenters. The second-order valence-corrected chi connectivity index (χ2v) is 5.79. The van der Waals surface area contributed by atoms with Crippen LogP contribution in [0.4, 0.5) is 0 Å². The first kappa shape index (κ1) is 13.8. The maximum absolute atomic E-state index is 9.35. The first-order valence-corrected chi connectivity index (χ1v) is 7.28. The van der Waals surface area contributed by atoms with E-state index in [4.69, 9.17) is 23.2 Å². The Bertz CT molecular complexity index is 534. The van der Waals surface area contributed by atoms with Crippen molar-refractivity contribution in [2.75, 3.05) is 0 Å². The number of aliphatic hydroxyl groups is 1. The van der Waals surface area contributed by atoms with Crippen molar-refractivity contribution in [3.05, 3.63) is 38.8 Å². The maximum atomic E-state index is 9.35. The topological polar surface area (TPSA) is 33.1 Å². The summed E-state index contributed by atoms with van der Waals surface area (Å²) in [6.45, 7) is 2.09. The number of aryl methyl sites for hydroxylation is 1. The highest BCUT2D eigenvalue weighted by Crippen LogP contribution is 2.38. The predicted molar refractivity (Wildman–Crippen MR) is 77.5 cm³/mol. The largest absolute Gasteiger partial charge is 0.391 e. The Kier molecular flexibility index (Phi) is 4.62. The Morgan fingerprint density at radius 3 is 2.50 bits per heavy atom. The van der Waals surface area contributed by atoms with Crippen molar-refractivity contribution < 1.29 is 5.11 Å². The van der Waals surface area contributed by atoms with Gasteiger partial charge in [0.25, 0.3) is 0 Å². The fraction of sp³-hybridized carbons (Fsp3) is 0.308. The molecule has 0 saturated carbocycles. The van der Waals surface area contributed by atoms with Crippen LogP contribution < -0.4 is 0 Å². The van der Waals surface area contributed by atoms with E-state index in [1.807, 2.05) is 6.07 Å². The highest BCUT2D eigenvalue weighted by Gasteiger charge is 2.16. The van der Waals surface area contributed by atoms with Crippen molar-refractivity contribution in [1.82, 2.24) is 4.98 Å². The van der Waals surface area contributed by atoms with E-state index < -0.39 is 0 Å². The normalized spacial score (nSPS) is 10.9. The van der Waals surface area contributed by atoms with Gasteiger partial charge in [0, 0.05) is 5.56 Å². The number of hydrogen-bond donors (Lipinski definition) is 1. The summed E-state index contributed by atoms with van der Waals surface area (Å²) in [6, 6.07) is 5.40. The van der Waals surface area contributed by atoms with E-state index in [0.717, 1.165) is 34.0 Å². The van der Waals surface area contributed by atoms with E-state index in [9.17, 15) is 5.11 Å². The van der Waals surface area contributed by atoms with Gasteiger partial charge in [0.1, 0.15) is 5.01 Å². The zero-order chi connectivity index (χ0) is 13.1. The molecule has 0 saturated heterocycles. The summed E-state index contributed by atoms with van der Waals surface area (Å²) in [5.41, 5.74) is 1.69. The summed E-state index contributed by atoms with van der Waals surface area (Å²) in [7, 11) is 0. The van der Waals surface area contributed by atoms with Gasteiger partial charge < -0.3 is 5.11 Å². The molecule has 0 unspecified atom stereocenters. The van der Waals surface area contributed by atoms with Crippen LogP contribution in [0.25, 0.3) is 10.6 Å². The smallest absolute Gasteiger partial charge is 0.126 e. The van der Waals surface area contributed by atoms with Crippen LogP contribution >= 0.6 is 34.5 Å². The zero-order valence-corrected chi connectivity index (χ0v) is 12.2. The minimum Gasteiger partial charge on any atom is -0.391 e. The minimum absolute atomic E-state index is 0.00900. The fourth-order valence-electron chi connectivity index (χ4n) is 1.75. The molecule has 0 aliphatic rings. The summed E-state index contributed by atoms with van der Waals surface area (Å²) in [6.07, 6.45) is 1.85. The molecule has 0 radical (unpaired) electrons. The molecule has 1 aromatic carbocycles. The molecule has 96 valence electrons. The third-order valence-corrected chi connectivity index (χ3v) is 4.32. The Balaban J connectivity index is 2.51. The SMILES string of the molecule is CCCc1nc(-c2c(Cl)cccc2Cl)sc1CO. The molecule has 0 aliphatic heterocycles. The van der Waals surface area contributed by atoms with E-state index in [1.54, 1.807) is 12.1 Å². The van der Waals surface area contributed by atoms with Crippen molar-refractivity contribution in [1.29, 1.82) is 0 Å². The summed E-state index contributed by atoms with van der Waals surface area (Å²) >= 11 is 13.8. The number of hydrogen-bond acceptors (Lipinski definition) is 3. The lowest BCUT2D eigenvalue weighted by Gasteiger charge is -2.02. The third-order valence-electron chi connectivity index (χ3n) is 2.59. The number of rotatable bonds is 4. The molecule has 0 fully saturated rings. The van der Waals surface area contributed by atoms with E-state index in [2.05, 4.69) is 11.9 Å². The molecule has 2 aromatic rings. The third kappa shape index (κ3) is 2.69. The van der Waals surface area contributed by atoms with E-state index in [-0.39, 0.29) is 6.61 Å². The lowest BCUT2D eigenvalue weighted by molar-refractivity contribution is 0.284. The predicted octanol–water partition coefficient (Wildman–Crippen LogP) is 4.56. The van der Waals surface area contributed by atoms with Crippen molar-refractivity contribution in [2.45, 2.75) is 26.4 Å².